The average Bonchev–Trinajstić information content (AvgIpc) is 3.14. The zero-order valence-corrected chi connectivity index (χ0v) is 15.8. The molecule has 0 atom stereocenters. The predicted octanol–water partition coefficient (Wildman–Crippen LogP) is 5.02. The average molecular weight is 390 g/mol. The lowest BCUT2D eigenvalue weighted by atomic mass is 10.1. The Morgan fingerprint density at radius 3 is 2.62 bits per heavy atom. The first kappa shape index (κ1) is 19.8. The van der Waals surface area contributed by atoms with Gasteiger partial charge in [0.15, 0.2) is 5.78 Å². The Labute approximate surface area is 166 Å². The Kier molecular flexibility index (Phi) is 5.69. The quantitative estimate of drug-likeness (QED) is 0.276. The van der Waals surface area contributed by atoms with Crippen molar-refractivity contribution >= 4 is 29.1 Å². The lowest BCUT2D eigenvalue weighted by Gasteiger charge is -2.03. The molecule has 2 aromatic carbocycles. The first-order chi connectivity index (χ1) is 13.8. The number of nitrogens with one attached hydrogen (secondary N) is 1. The zero-order chi connectivity index (χ0) is 21.0. The lowest BCUT2D eigenvalue weighted by molar-refractivity contribution is -0.384. The second kappa shape index (κ2) is 8.35. The van der Waals surface area contributed by atoms with Crippen LogP contribution in [0.25, 0.3) is 17.4 Å². The summed E-state index contributed by atoms with van der Waals surface area (Å²) in [6.45, 7) is 3.17. The van der Waals surface area contributed by atoms with Gasteiger partial charge in [-0.2, -0.15) is 0 Å². The van der Waals surface area contributed by atoms with Gasteiger partial charge in [-0.05, 0) is 55.0 Å². The molecule has 0 aliphatic carbocycles. The van der Waals surface area contributed by atoms with Crippen molar-refractivity contribution in [3.63, 3.8) is 0 Å². The Hall–Kier alpha value is -4.00. The summed E-state index contributed by atoms with van der Waals surface area (Å²) >= 11 is 0. The minimum Gasteiger partial charge on any atom is -0.456 e. The normalized spacial score (nSPS) is 10.8. The number of hydrogen-bond acceptors (Lipinski definition) is 5. The number of hydrogen-bond donors (Lipinski definition) is 1. The molecule has 1 aromatic heterocycles. The molecule has 146 valence electrons. The van der Waals surface area contributed by atoms with Crippen molar-refractivity contribution < 1.29 is 18.9 Å². The molecule has 0 radical (unpaired) electrons. The monoisotopic (exact) mass is 390 g/mol. The Balaban J connectivity index is 1.80. The number of nitrogens with zero attached hydrogens (tertiary/aromatic N) is 1. The summed E-state index contributed by atoms with van der Waals surface area (Å²) in [5.41, 5.74) is 2.05. The number of carbonyl (C=O) groups is 2. The van der Waals surface area contributed by atoms with Crippen LogP contribution in [0.2, 0.25) is 0 Å². The summed E-state index contributed by atoms with van der Waals surface area (Å²) in [4.78, 5) is 34.4. The molecule has 1 amide bonds. The van der Waals surface area contributed by atoms with Crippen molar-refractivity contribution in [1.82, 2.24) is 0 Å². The number of aryl methyl sites for hydroxylation is 1. The number of nitro benzene ring substituents is 1. The van der Waals surface area contributed by atoms with Crippen LogP contribution in [0.4, 0.5) is 11.4 Å². The fourth-order valence-electron chi connectivity index (χ4n) is 2.80. The molecule has 0 fully saturated rings. The molecule has 7 nitrogen and oxygen atoms in total. The summed E-state index contributed by atoms with van der Waals surface area (Å²) in [5.74, 6) is 0.243. The number of furan rings is 1. The maximum absolute atomic E-state index is 12.4. The van der Waals surface area contributed by atoms with Gasteiger partial charge in [-0.3, -0.25) is 19.7 Å². The van der Waals surface area contributed by atoms with Gasteiger partial charge in [-0.15, -0.1) is 0 Å². The number of amides is 1. The van der Waals surface area contributed by atoms with E-state index in [1.807, 2.05) is 0 Å². The molecule has 7 heteroatoms. The van der Waals surface area contributed by atoms with Crippen LogP contribution in [-0.4, -0.2) is 16.6 Å². The molecule has 0 saturated carbocycles. The van der Waals surface area contributed by atoms with Crippen molar-refractivity contribution in [2.75, 3.05) is 5.32 Å². The summed E-state index contributed by atoms with van der Waals surface area (Å²) in [6.07, 6.45) is 2.84. The van der Waals surface area contributed by atoms with E-state index in [2.05, 4.69) is 5.32 Å². The highest BCUT2D eigenvalue weighted by Gasteiger charge is 2.18. The molecular weight excluding hydrogens is 372 g/mol. The molecule has 3 aromatic rings. The number of nitro groups is 1. The Bertz CT molecular complexity index is 1130. The van der Waals surface area contributed by atoms with Crippen LogP contribution in [0.3, 0.4) is 0 Å². The zero-order valence-electron chi connectivity index (χ0n) is 15.8. The minimum absolute atomic E-state index is 0.0410. The topological polar surface area (TPSA) is 102 Å². The number of benzene rings is 2. The summed E-state index contributed by atoms with van der Waals surface area (Å²) in [7, 11) is 0. The van der Waals surface area contributed by atoms with Gasteiger partial charge in [0.05, 0.1) is 10.5 Å². The highest BCUT2D eigenvalue weighted by Crippen LogP contribution is 2.32. The van der Waals surface area contributed by atoms with Crippen molar-refractivity contribution in [2.24, 2.45) is 0 Å². The Morgan fingerprint density at radius 1 is 1.10 bits per heavy atom. The van der Waals surface area contributed by atoms with Crippen LogP contribution in [0.15, 0.2) is 65.1 Å². The van der Waals surface area contributed by atoms with Crippen LogP contribution in [0, 0.1) is 17.0 Å². The van der Waals surface area contributed by atoms with Gasteiger partial charge in [0.2, 0.25) is 5.91 Å². The van der Waals surface area contributed by atoms with Gasteiger partial charge >= 0.3 is 0 Å². The highest BCUT2D eigenvalue weighted by atomic mass is 16.6. The van der Waals surface area contributed by atoms with E-state index in [0.29, 0.717) is 28.3 Å². The number of anilines is 1. The van der Waals surface area contributed by atoms with Crippen molar-refractivity contribution in [3.8, 4) is 11.3 Å². The lowest BCUT2D eigenvalue weighted by Crippen LogP contribution is -2.06. The molecule has 0 bridgehead atoms. The third-order valence-corrected chi connectivity index (χ3v) is 4.11. The first-order valence-electron chi connectivity index (χ1n) is 8.79. The van der Waals surface area contributed by atoms with E-state index in [-0.39, 0.29) is 17.4 Å². The maximum atomic E-state index is 12.4. The highest BCUT2D eigenvalue weighted by molar-refractivity contribution is 6.07. The van der Waals surface area contributed by atoms with E-state index in [4.69, 9.17) is 4.42 Å². The second-order valence-electron chi connectivity index (χ2n) is 6.44. The molecular formula is C22H18N2O5. The smallest absolute Gasteiger partial charge is 0.280 e. The molecule has 0 unspecified atom stereocenters. The largest absolute Gasteiger partial charge is 0.456 e. The van der Waals surface area contributed by atoms with Gasteiger partial charge in [0, 0.05) is 24.2 Å². The van der Waals surface area contributed by atoms with Crippen LogP contribution in [-0.2, 0) is 4.79 Å². The molecule has 0 aliphatic heterocycles. The fraction of sp³-hybridized carbons (Fsp3) is 0.0909. The molecule has 1 heterocycles. The maximum Gasteiger partial charge on any atom is 0.280 e. The van der Waals surface area contributed by atoms with Crippen LogP contribution in [0.1, 0.15) is 28.6 Å². The van der Waals surface area contributed by atoms with Crippen LogP contribution in [0.5, 0.6) is 0 Å². The third kappa shape index (κ3) is 4.84. The van der Waals surface area contributed by atoms with E-state index >= 15 is 0 Å². The second-order valence-corrected chi connectivity index (χ2v) is 6.44. The van der Waals surface area contributed by atoms with E-state index < -0.39 is 4.92 Å². The number of carbonyl (C=O) groups excluding carboxylic acids is 2. The van der Waals surface area contributed by atoms with Crippen molar-refractivity contribution in [1.29, 1.82) is 0 Å². The molecule has 29 heavy (non-hydrogen) atoms. The minimum atomic E-state index is -0.452. The van der Waals surface area contributed by atoms with Crippen molar-refractivity contribution in [2.45, 2.75) is 13.8 Å². The summed E-state index contributed by atoms with van der Waals surface area (Å²) in [6, 6.07) is 14.7. The van der Waals surface area contributed by atoms with Crippen LogP contribution < -0.4 is 5.32 Å². The Morgan fingerprint density at radius 2 is 1.90 bits per heavy atom. The molecule has 0 aliphatic rings. The number of ketones is 1. The van der Waals surface area contributed by atoms with E-state index in [1.165, 1.54) is 25.1 Å². The SMILES string of the molecule is CC(=O)Nc1cccc(C(=O)C=Cc2ccc(-c3ccc(C)cc3[N+](=O)[O-])o2)c1. The van der Waals surface area contributed by atoms with Crippen molar-refractivity contribution in [3.05, 3.63) is 87.7 Å². The first-order valence-corrected chi connectivity index (χ1v) is 8.79. The molecule has 3 rings (SSSR count). The fourth-order valence-corrected chi connectivity index (χ4v) is 2.80. The van der Waals surface area contributed by atoms with Crippen LogP contribution >= 0.6 is 0 Å². The molecule has 1 N–H and O–H groups in total. The van der Waals surface area contributed by atoms with E-state index in [9.17, 15) is 19.7 Å². The van der Waals surface area contributed by atoms with E-state index in [0.717, 1.165) is 5.56 Å². The summed E-state index contributed by atoms with van der Waals surface area (Å²) < 4.78 is 5.66. The molecule has 0 spiro atoms. The van der Waals surface area contributed by atoms with E-state index in [1.54, 1.807) is 55.5 Å². The number of rotatable bonds is 6. The predicted molar refractivity (Wildman–Crippen MR) is 110 cm³/mol. The van der Waals surface area contributed by atoms with Gasteiger partial charge in [0.25, 0.3) is 5.69 Å². The standard InChI is InChI=1S/C22H18N2O5/c1-14-6-9-19(20(12-14)24(27)28)22-11-8-18(29-22)7-10-21(26)16-4-3-5-17(13-16)23-15(2)25/h3-13H,1-2H3,(H,23,25). The third-order valence-electron chi connectivity index (χ3n) is 4.11. The van der Waals surface area contributed by atoms with Gasteiger partial charge < -0.3 is 9.73 Å². The van der Waals surface area contributed by atoms with Gasteiger partial charge in [0.1, 0.15) is 11.5 Å². The van der Waals surface area contributed by atoms with Gasteiger partial charge in [-0.1, -0.05) is 18.2 Å². The number of allylic oxidation sites excluding steroid dienone is 1. The van der Waals surface area contributed by atoms with Gasteiger partial charge in [-0.25, -0.2) is 0 Å². The summed E-state index contributed by atoms with van der Waals surface area (Å²) in [5, 5.41) is 13.9. The molecule has 0 saturated heterocycles.